The van der Waals surface area contributed by atoms with Gasteiger partial charge in [-0.1, -0.05) is 139 Å². The summed E-state index contributed by atoms with van der Waals surface area (Å²) in [5, 5.41) is 29.3. The first-order valence-corrected chi connectivity index (χ1v) is 33.3. The van der Waals surface area contributed by atoms with E-state index in [-0.39, 0.29) is 51.1 Å². The molecule has 2 aromatic heterocycles. The van der Waals surface area contributed by atoms with E-state index in [4.69, 9.17) is 5.73 Å². The topological polar surface area (TPSA) is 374 Å². The summed E-state index contributed by atoms with van der Waals surface area (Å²) in [6.07, 6.45) is 28.9. The maximum atomic E-state index is 14.7. The van der Waals surface area contributed by atoms with Crippen LogP contribution in [-0.4, -0.2) is 143 Å². The van der Waals surface area contributed by atoms with Crippen LogP contribution in [0.15, 0.2) is 90.6 Å². The lowest BCUT2D eigenvalue weighted by Crippen LogP contribution is -2.60. The first-order chi connectivity index (χ1) is 45.0. The molecule has 0 unspecified atom stereocenters. The molecule has 25 heteroatoms. The summed E-state index contributed by atoms with van der Waals surface area (Å²) in [7, 11) is 0. The number of carbonyl (C=O) groups excluding carboxylic acids is 10. The molecule has 4 aromatic rings. The fraction of sp³-hybridized carbons (Fsp3) is 0.559. The van der Waals surface area contributed by atoms with E-state index < -0.39 is 89.4 Å². The van der Waals surface area contributed by atoms with Gasteiger partial charge >= 0.3 is 0 Å². The number of rotatable bonds is 49. The molecule has 0 aliphatic rings. The second-order valence-electron chi connectivity index (χ2n) is 23.6. The number of aromatic amines is 2. The van der Waals surface area contributed by atoms with E-state index >= 15 is 0 Å². The number of amides is 10. The molecule has 0 spiro atoms. The van der Waals surface area contributed by atoms with Crippen LogP contribution >= 0.6 is 0 Å². The Morgan fingerprint density at radius 2 is 1.12 bits per heavy atom. The fourth-order valence-electron chi connectivity index (χ4n) is 10.3. The van der Waals surface area contributed by atoms with Gasteiger partial charge in [0.1, 0.15) is 49.0 Å². The van der Waals surface area contributed by atoms with Crippen molar-refractivity contribution >= 4 is 76.2 Å². The Kier molecular flexibility index (Phi) is 37.4. The summed E-state index contributed by atoms with van der Waals surface area (Å²) >= 11 is 0. The van der Waals surface area contributed by atoms with Gasteiger partial charge in [0, 0.05) is 81.2 Å². The van der Waals surface area contributed by atoms with Crippen LogP contribution in [0.4, 0.5) is 0 Å². The molecule has 0 saturated carbocycles. The Bertz CT molecular complexity index is 2970. The summed E-state index contributed by atoms with van der Waals surface area (Å²) in [6.45, 7) is 7.54. The third-order valence-electron chi connectivity index (χ3n) is 15.6. The molecule has 6 atom stereocenters. The second kappa shape index (κ2) is 45.4. The van der Waals surface area contributed by atoms with Gasteiger partial charge in [-0.05, 0) is 88.3 Å². The van der Waals surface area contributed by atoms with E-state index in [1.54, 1.807) is 36.5 Å². The third-order valence-corrected chi connectivity index (χ3v) is 15.6. The summed E-state index contributed by atoms with van der Waals surface area (Å²) in [5.41, 5.74) is 11.0. The zero-order chi connectivity index (χ0) is 67.4. The summed E-state index contributed by atoms with van der Waals surface area (Å²) in [4.78, 5) is 143. The van der Waals surface area contributed by atoms with Crippen molar-refractivity contribution in [3.63, 3.8) is 0 Å². The number of carbonyl (C=O) groups is 10. The molecule has 10 amide bonds. The Morgan fingerprint density at radius 1 is 0.548 bits per heavy atom. The molecule has 14 N–H and O–H groups in total. The van der Waals surface area contributed by atoms with Crippen LogP contribution in [0, 0.1) is 0 Å². The minimum absolute atomic E-state index is 0.00338. The lowest BCUT2D eigenvalue weighted by molar-refractivity contribution is -0.135. The van der Waals surface area contributed by atoms with Gasteiger partial charge in [0.2, 0.25) is 53.2 Å². The molecule has 2 heterocycles. The molecule has 510 valence electrons. The smallest absolute Gasteiger partial charge is 0.264 e. The number of aromatic nitrogens is 3. The van der Waals surface area contributed by atoms with Crippen molar-refractivity contribution in [2.24, 2.45) is 10.8 Å². The van der Waals surface area contributed by atoms with E-state index in [0.29, 0.717) is 62.0 Å². The number of unbranched alkanes of at least 4 members (excludes halogenated alkanes) is 13. The Balaban J connectivity index is 1.30. The number of nitrogens with two attached hydrogens (primary N) is 1. The number of nitrogens with zero attached hydrogens (tertiary/aromatic N) is 2. The number of imidazole rings is 1. The standard InChI is InChI=1S/C68H103N15O10/c1-5-7-9-10-11-12-13-14-15-16-17-18-19-20-24-36-60(85)71-38-29-39-73-62(87)46-77-76-45-61(86)72-37-28-27-35-56(66(91)81-57(63(69)88)41-51-43-74-54-34-26-25-32-53(51)54)80-67(92)58(40-50-30-22-21-23-31-50)83-68(93)59(42-52-44-70-47-75-52)82-64(89)48(3)78-65(90)55(33-8-6-2)79-49(4)84/h14-15,21-23,25-26,30-32,34,43-44,46-48,55-59,74,76H,5-13,16-20,24,27-29,33,35-42,45H2,1-4H3,(H2,69,88)(H,70,75)(H,71,85)(H,72,86)(H,73,87)(H,78,90)(H,79,84)(H,80,92)(H,81,91)(H,82,89)(H,83,93)/b15-14-,77-46+/t48-,55-,56-,57-,58+,59-/m0/s1. The van der Waals surface area contributed by atoms with E-state index in [1.807, 2.05) is 31.2 Å². The fourth-order valence-corrected chi connectivity index (χ4v) is 10.3. The van der Waals surface area contributed by atoms with E-state index in [9.17, 15) is 47.9 Å². The molecule has 0 fully saturated rings. The number of allylic oxidation sites excluding steroid dienone is 2. The molecular formula is C68H103N15O10. The number of hydrogen-bond donors (Lipinski definition) is 13. The van der Waals surface area contributed by atoms with Crippen LogP contribution in [0.2, 0.25) is 0 Å². The number of hydrogen-bond acceptors (Lipinski definition) is 13. The minimum atomic E-state index is -1.35. The molecule has 0 aliphatic heterocycles. The number of hydrazone groups is 1. The van der Waals surface area contributed by atoms with Gasteiger partial charge in [-0.25, -0.2) is 4.98 Å². The first kappa shape index (κ1) is 76.6. The molecule has 0 radical (unpaired) electrons. The normalized spacial score (nSPS) is 13.2. The van der Waals surface area contributed by atoms with Crippen molar-refractivity contribution in [2.75, 3.05) is 26.2 Å². The van der Waals surface area contributed by atoms with Gasteiger partial charge in [0.05, 0.1) is 6.33 Å². The second-order valence-corrected chi connectivity index (χ2v) is 23.6. The van der Waals surface area contributed by atoms with Crippen LogP contribution in [0.5, 0.6) is 0 Å². The molecule has 0 aliphatic carbocycles. The monoisotopic (exact) mass is 1290 g/mol. The Labute approximate surface area is 547 Å². The average molecular weight is 1290 g/mol. The molecule has 2 aromatic carbocycles. The number of nitrogens with one attached hydrogen (secondary N) is 12. The number of H-pyrrole nitrogens is 2. The van der Waals surface area contributed by atoms with Gasteiger partial charge in [0.25, 0.3) is 5.91 Å². The van der Waals surface area contributed by atoms with Crippen LogP contribution in [-0.2, 0) is 67.2 Å². The minimum Gasteiger partial charge on any atom is -0.368 e. The lowest BCUT2D eigenvalue weighted by Gasteiger charge is -2.27. The number of para-hydroxylation sites is 1. The quantitative estimate of drug-likeness (QED) is 0.0119. The van der Waals surface area contributed by atoms with Crippen molar-refractivity contribution in [3.05, 3.63) is 102 Å². The maximum absolute atomic E-state index is 14.7. The summed E-state index contributed by atoms with van der Waals surface area (Å²) in [6, 6.07) is 8.97. The van der Waals surface area contributed by atoms with Crippen LogP contribution in [0.3, 0.4) is 0 Å². The maximum Gasteiger partial charge on any atom is 0.264 e. The van der Waals surface area contributed by atoms with Gasteiger partial charge in [0.15, 0.2) is 0 Å². The average Bonchev–Trinajstić information content (AvgIpc) is 1.76. The van der Waals surface area contributed by atoms with Crippen LogP contribution in [0.1, 0.15) is 179 Å². The van der Waals surface area contributed by atoms with E-state index in [0.717, 1.165) is 55.6 Å². The predicted octanol–water partition coefficient (Wildman–Crippen LogP) is 5.06. The van der Waals surface area contributed by atoms with Gasteiger partial charge in [-0.2, -0.15) is 5.10 Å². The predicted molar refractivity (Wildman–Crippen MR) is 360 cm³/mol. The SMILES string of the molecule is CCCCCCCC/C=C\CCCCCCCC(=O)NCCCNC(=O)/C=N/NCC(=O)NCCCC[C@H](NC(=O)[C@@H](Cc1ccccc1)NC(=O)[C@H](Cc1cnc[nH]1)NC(=O)[C@H](C)NC(=O)[C@H](CCCC)NC(C)=O)C(=O)N[C@@H](Cc1c[nH]c2ccccc12)C(N)=O. The van der Waals surface area contributed by atoms with Crippen LogP contribution < -0.4 is 59.0 Å². The highest BCUT2D eigenvalue weighted by molar-refractivity contribution is 6.26. The number of fused-ring (bicyclic) bond motifs is 1. The molecule has 0 bridgehead atoms. The first-order valence-electron chi connectivity index (χ1n) is 33.3. The van der Waals surface area contributed by atoms with Crippen molar-refractivity contribution < 1.29 is 47.9 Å². The van der Waals surface area contributed by atoms with E-state index in [2.05, 4.69) is 92.4 Å². The van der Waals surface area contributed by atoms with Crippen molar-refractivity contribution in [3.8, 4) is 0 Å². The van der Waals surface area contributed by atoms with Gasteiger partial charge in [-0.3, -0.25) is 47.9 Å². The number of primary amides is 1. The molecule has 93 heavy (non-hydrogen) atoms. The Hall–Kier alpha value is -8.90. The van der Waals surface area contributed by atoms with Gasteiger partial charge in [-0.15, -0.1) is 0 Å². The summed E-state index contributed by atoms with van der Waals surface area (Å²) in [5.74, 6) is -5.78. The Morgan fingerprint density at radius 3 is 1.81 bits per heavy atom. The highest BCUT2D eigenvalue weighted by atomic mass is 16.2. The summed E-state index contributed by atoms with van der Waals surface area (Å²) < 4.78 is 0. The zero-order valence-electron chi connectivity index (χ0n) is 55.0. The van der Waals surface area contributed by atoms with Crippen LogP contribution in [0.25, 0.3) is 10.9 Å². The molecular weight excluding hydrogens is 1190 g/mol. The van der Waals surface area contributed by atoms with Crippen molar-refractivity contribution in [1.29, 1.82) is 0 Å². The highest BCUT2D eigenvalue weighted by Gasteiger charge is 2.33. The number of benzene rings is 2. The van der Waals surface area contributed by atoms with E-state index in [1.165, 1.54) is 77.7 Å². The largest absolute Gasteiger partial charge is 0.368 e. The van der Waals surface area contributed by atoms with Crippen molar-refractivity contribution in [1.82, 2.24) is 68.2 Å². The highest BCUT2D eigenvalue weighted by Crippen LogP contribution is 2.20. The van der Waals surface area contributed by atoms with Crippen molar-refractivity contribution in [2.45, 2.75) is 218 Å². The molecule has 25 nitrogen and oxygen atoms in total. The third kappa shape index (κ3) is 32.3. The molecule has 0 saturated heterocycles. The lowest BCUT2D eigenvalue weighted by atomic mass is 10.0. The van der Waals surface area contributed by atoms with Gasteiger partial charge < -0.3 is 69.0 Å². The molecule has 4 rings (SSSR count). The zero-order valence-corrected chi connectivity index (χ0v) is 55.0.